The van der Waals surface area contributed by atoms with Gasteiger partial charge in [-0.15, -0.1) is 18.3 Å². The predicted octanol–water partition coefficient (Wildman–Crippen LogP) is 8.20. The van der Waals surface area contributed by atoms with Crippen molar-refractivity contribution in [2.24, 2.45) is 10.2 Å². The summed E-state index contributed by atoms with van der Waals surface area (Å²) in [6, 6.07) is 13.5. The number of fused-ring (bicyclic) bond motifs is 2. The van der Waals surface area contributed by atoms with Crippen LogP contribution >= 0.6 is 12.2 Å². The van der Waals surface area contributed by atoms with Gasteiger partial charge >= 0.3 is 6.36 Å². The van der Waals surface area contributed by atoms with E-state index < -0.39 is 6.36 Å². The number of benzene rings is 2. The molecule has 2 aromatic carbocycles. The first kappa shape index (κ1) is 25.6. The van der Waals surface area contributed by atoms with Crippen LogP contribution in [0.2, 0.25) is 0 Å². The van der Waals surface area contributed by atoms with Gasteiger partial charge in [0.1, 0.15) is 11.4 Å². The van der Waals surface area contributed by atoms with E-state index in [0.29, 0.717) is 24.2 Å². The highest BCUT2D eigenvalue weighted by atomic mass is 32.1. The second kappa shape index (κ2) is 10.7. The third-order valence-electron chi connectivity index (χ3n) is 6.34. The first-order valence-corrected chi connectivity index (χ1v) is 12.5. The number of aromatic nitrogens is 1. The van der Waals surface area contributed by atoms with E-state index in [1.54, 1.807) is 6.20 Å². The molecule has 3 aromatic rings. The molecule has 5 rings (SSSR count). The number of nitrogens with zero attached hydrogens (tertiary/aromatic N) is 3. The summed E-state index contributed by atoms with van der Waals surface area (Å²) in [6.07, 6.45) is 4.02. The summed E-state index contributed by atoms with van der Waals surface area (Å²) in [5.41, 5.74) is 7.63. The largest absolute Gasteiger partial charge is 0.573 e. The van der Waals surface area contributed by atoms with Crippen molar-refractivity contribution in [3.63, 3.8) is 0 Å². The van der Waals surface area contributed by atoms with Crippen molar-refractivity contribution in [1.29, 1.82) is 0 Å². The van der Waals surface area contributed by atoms with Crippen LogP contribution in [-0.2, 0) is 12.8 Å². The number of aryl methyl sites for hydroxylation is 1. The SMILES string of the molecule is CCc1ccccc1NC(=S)N=NC=C1C=CC2=C(CCc3c2noc3-c2ccc(OC(F)(F)F)cc2)C1. The van der Waals surface area contributed by atoms with Crippen LogP contribution in [-0.4, -0.2) is 16.6 Å². The minimum absolute atomic E-state index is 0.284. The van der Waals surface area contributed by atoms with Gasteiger partial charge in [0.2, 0.25) is 5.11 Å². The second-order valence-electron chi connectivity index (χ2n) is 8.80. The molecule has 0 atom stereocenters. The van der Waals surface area contributed by atoms with E-state index in [2.05, 4.69) is 32.4 Å². The summed E-state index contributed by atoms with van der Waals surface area (Å²) in [4.78, 5) is 0. The minimum atomic E-state index is -4.73. The fraction of sp³-hybridized carbons (Fsp3) is 0.214. The van der Waals surface area contributed by atoms with Crippen LogP contribution < -0.4 is 10.1 Å². The third-order valence-corrected chi connectivity index (χ3v) is 6.53. The van der Waals surface area contributed by atoms with Crippen LogP contribution in [0.15, 0.2) is 92.8 Å². The number of nitrogens with one attached hydrogen (secondary N) is 1. The number of hydrogen-bond donors (Lipinski definition) is 1. The molecule has 10 heteroatoms. The molecule has 0 unspecified atom stereocenters. The lowest BCUT2D eigenvalue weighted by Crippen LogP contribution is -2.16. The van der Waals surface area contributed by atoms with Crippen LogP contribution in [0.1, 0.15) is 36.6 Å². The predicted molar refractivity (Wildman–Crippen MR) is 143 cm³/mol. The number of rotatable bonds is 5. The van der Waals surface area contributed by atoms with Crippen LogP contribution in [0.25, 0.3) is 16.9 Å². The van der Waals surface area contributed by atoms with Gasteiger partial charge in [0.05, 0.1) is 6.20 Å². The van der Waals surface area contributed by atoms with Gasteiger partial charge in [-0.3, -0.25) is 0 Å². The first-order chi connectivity index (χ1) is 18.3. The van der Waals surface area contributed by atoms with Crippen molar-refractivity contribution in [2.75, 3.05) is 5.32 Å². The van der Waals surface area contributed by atoms with Crippen molar-refractivity contribution in [1.82, 2.24) is 5.16 Å². The maximum atomic E-state index is 12.4. The van der Waals surface area contributed by atoms with Gasteiger partial charge in [-0.05, 0) is 79.4 Å². The van der Waals surface area contributed by atoms with Gasteiger partial charge in [-0.2, -0.15) is 5.11 Å². The Kier molecular flexibility index (Phi) is 7.24. The van der Waals surface area contributed by atoms with E-state index in [1.807, 2.05) is 36.4 Å². The summed E-state index contributed by atoms with van der Waals surface area (Å²) in [6.45, 7) is 2.08. The number of hydrogen-bond acceptors (Lipinski definition) is 5. The Morgan fingerprint density at radius 1 is 1.13 bits per heavy atom. The Morgan fingerprint density at radius 2 is 1.92 bits per heavy atom. The molecule has 1 aromatic heterocycles. The fourth-order valence-corrected chi connectivity index (χ4v) is 4.73. The standard InChI is InChI=1S/C28H23F3N4O2S/c1-2-18-5-3-4-6-24(18)33-27(38)34-32-16-17-7-13-22-20(15-17)10-14-23-25(22)35-37-26(23)19-8-11-21(12-9-19)36-28(29,30)31/h3-9,11-13,16H,2,10,14-15H2,1H3,(H,33,38). The Morgan fingerprint density at radius 3 is 2.68 bits per heavy atom. The van der Waals surface area contributed by atoms with E-state index in [0.717, 1.165) is 46.5 Å². The third kappa shape index (κ3) is 5.75. The maximum Gasteiger partial charge on any atom is 0.573 e. The smallest absolute Gasteiger partial charge is 0.406 e. The van der Waals surface area contributed by atoms with Gasteiger partial charge in [-0.25, -0.2) is 0 Å². The zero-order valence-corrected chi connectivity index (χ0v) is 21.2. The van der Waals surface area contributed by atoms with E-state index in [1.165, 1.54) is 29.8 Å². The summed E-state index contributed by atoms with van der Waals surface area (Å²) < 4.78 is 46.9. The average Bonchev–Trinajstić information content (AvgIpc) is 3.33. The first-order valence-electron chi connectivity index (χ1n) is 12.0. The Balaban J connectivity index is 1.26. The quantitative estimate of drug-likeness (QED) is 0.263. The highest BCUT2D eigenvalue weighted by Gasteiger charge is 2.31. The van der Waals surface area contributed by atoms with E-state index in [9.17, 15) is 13.2 Å². The topological polar surface area (TPSA) is 72.0 Å². The number of anilines is 1. The highest BCUT2D eigenvalue weighted by Crippen LogP contribution is 2.42. The number of para-hydroxylation sites is 1. The minimum Gasteiger partial charge on any atom is -0.406 e. The number of azo groups is 1. The van der Waals surface area contributed by atoms with Gasteiger partial charge in [0.15, 0.2) is 5.76 Å². The lowest BCUT2D eigenvalue weighted by molar-refractivity contribution is -0.274. The van der Waals surface area contributed by atoms with Crippen LogP contribution in [0.5, 0.6) is 5.75 Å². The molecular weight excluding hydrogens is 513 g/mol. The highest BCUT2D eigenvalue weighted by molar-refractivity contribution is 7.80. The molecule has 1 N–H and O–H groups in total. The normalized spacial score (nSPS) is 16.1. The number of alkyl halides is 3. The van der Waals surface area contributed by atoms with Gasteiger partial charge in [-0.1, -0.05) is 48.0 Å². The summed E-state index contributed by atoms with van der Waals surface area (Å²) in [5, 5.41) is 16.0. The fourth-order valence-electron chi connectivity index (χ4n) is 4.58. The van der Waals surface area contributed by atoms with Crippen LogP contribution in [0.3, 0.4) is 0 Å². The molecule has 38 heavy (non-hydrogen) atoms. The summed E-state index contributed by atoms with van der Waals surface area (Å²) in [7, 11) is 0. The second-order valence-corrected chi connectivity index (χ2v) is 9.19. The summed E-state index contributed by atoms with van der Waals surface area (Å²) >= 11 is 5.32. The Labute approximate surface area is 222 Å². The van der Waals surface area contributed by atoms with E-state index >= 15 is 0 Å². The Hall–Kier alpha value is -4.05. The molecule has 2 aliphatic carbocycles. The van der Waals surface area contributed by atoms with E-state index in [4.69, 9.17) is 16.7 Å². The van der Waals surface area contributed by atoms with Crippen molar-refractivity contribution in [2.45, 2.75) is 39.0 Å². The van der Waals surface area contributed by atoms with Gasteiger partial charge in [0, 0.05) is 22.4 Å². The van der Waals surface area contributed by atoms with Crippen LogP contribution in [0, 0.1) is 0 Å². The van der Waals surface area contributed by atoms with Gasteiger partial charge in [0.25, 0.3) is 0 Å². The zero-order valence-electron chi connectivity index (χ0n) is 20.4. The van der Waals surface area contributed by atoms with E-state index in [-0.39, 0.29) is 10.9 Å². The zero-order chi connectivity index (χ0) is 26.7. The lowest BCUT2D eigenvalue weighted by atomic mass is 9.82. The molecule has 0 amide bonds. The molecular formula is C28H23F3N4O2S. The molecule has 0 aliphatic heterocycles. The monoisotopic (exact) mass is 536 g/mol. The molecule has 0 saturated heterocycles. The molecule has 1 heterocycles. The molecule has 2 aliphatic rings. The molecule has 6 nitrogen and oxygen atoms in total. The van der Waals surface area contributed by atoms with Crippen molar-refractivity contribution >= 4 is 28.6 Å². The molecule has 0 spiro atoms. The number of halogens is 3. The van der Waals surface area contributed by atoms with Crippen LogP contribution in [0.4, 0.5) is 18.9 Å². The molecule has 0 radical (unpaired) electrons. The Bertz CT molecular complexity index is 1480. The van der Waals surface area contributed by atoms with Gasteiger partial charge < -0.3 is 14.6 Å². The number of thiocarbonyl (C=S) groups is 1. The summed E-state index contributed by atoms with van der Waals surface area (Å²) in [5.74, 6) is 0.271. The van der Waals surface area contributed by atoms with Crippen molar-refractivity contribution in [3.05, 3.63) is 94.8 Å². The number of allylic oxidation sites excluding steroid dienone is 5. The van der Waals surface area contributed by atoms with Crippen molar-refractivity contribution < 1.29 is 22.4 Å². The molecule has 0 bridgehead atoms. The maximum absolute atomic E-state index is 12.4. The molecule has 0 saturated carbocycles. The average molecular weight is 537 g/mol. The molecule has 194 valence electrons. The molecule has 0 fully saturated rings. The lowest BCUT2D eigenvalue weighted by Gasteiger charge is -2.21. The number of ether oxygens (including phenoxy) is 1. The van der Waals surface area contributed by atoms with Crippen molar-refractivity contribution in [3.8, 4) is 17.1 Å².